The van der Waals surface area contributed by atoms with Crippen LogP contribution in [0.5, 0.6) is 0 Å². The lowest BCUT2D eigenvalue weighted by atomic mass is 9.92. The Hall–Kier alpha value is -1.51. The number of benzene rings is 1. The maximum atomic E-state index is 13.5. The van der Waals surface area contributed by atoms with Crippen LogP contribution < -0.4 is 0 Å². The summed E-state index contributed by atoms with van der Waals surface area (Å²) >= 11 is 0. The fourth-order valence-electron chi connectivity index (χ4n) is 2.17. The van der Waals surface area contributed by atoms with E-state index >= 15 is 0 Å². The highest BCUT2D eigenvalue weighted by molar-refractivity contribution is 5.72. The number of carbonyl (C=O) groups is 1. The van der Waals surface area contributed by atoms with Gasteiger partial charge in [-0.05, 0) is 42.5 Å². The van der Waals surface area contributed by atoms with Crippen molar-refractivity contribution in [2.45, 2.75) is 19.3 Å². The molecule has 3 heteroatoms. The molecule has 1 nitrogen and oxygen atoms in total. The Morgan fingerprint density at radius 1 is 1.38 bits per heavy atom. The van der Waals surface area contributed by atoms with Gasteiger partial charge in [-0.1, -0.05) is 6.08 Å². The molecule has 1 aromatic carbocycles. The highest BCUT2D eigenvalue weighted by Crippen LogP contribution is 2.36. The minimum atomic E-state index is -0.450. The van der Waals surface area contributed by atoms with Gasteiger partial charge in [0.25, 0.3) is 0 Å². The van der Waals surface area contributed by atoms with Gasteiger partial charge >= 0.3 is 0 Å². The van der Waals surface area contributed by atoms with Crippen LogP contribution in [0.4, 0.5) is 8.78 Å². The Kier molecular flexibility index (Phi) is 3.13. The summed E-state index contributed by atoms with van der Waals surface area (Å²) in [5.41, 5.74) is 1.06. The lowest BCUT2D eigenvalue weighted by molar-refractivity contribution is -0.108. The summed E-state index contributed by atoms with van der Waals surface area (Å²) in [7, 11) is 0. The minimum Gasteiger partial charge on any atom is -0.303 e. The van der Waals surface area contributed by atoms with Crippen molar-refractivity contribution < 1.29 is 13.6 Å². The van der Waals surface area contributed by atoms with Gasteiger partial charge in [-0.15, -0.1) is 0 Å². The van der Waals surface area contributed by atoms with Gasteiger partial charge in [0.05, 0.1) is 0 Å². The number of rotatable bonds is 3. The predicted molar refractivity (Wildman–Crippen MR) is 57.7 cm³/mol. The molecule has 0 unspecified atom stereocenters. The average Bonchev–Trinajstić information content (AvgIpc) is 2.70. The number of aldehydes is 1. The maximum absolute atomic E-state index is 13.5. The summed E-state index contributed by atoms with van der Waals surface area (Å²) in [6.07, 6.45) is 4.77. The van der Waals surface area contributed by atoms with Gasteiger partial charge in [-0.2, -0.15) is 0 Å². The number of hydrogen-bond donors (Lipinski definition) is 0. The standard InChI is InChI=1S/C13H12F2O/c14-10-4-5-13(15)12(8-10)11-3-1-2-9(11)6-7-16/h3-5,7-9H,1-2,6H2/t9-/m1/s1. The van der Waals surface area contributed by atoms with Gasteiger partial charge in [0.1, 0.15) is 17.9 Å². The Morgan fingerprint density at radius 3 is 2.94 bits per heavy atom. The Balaban J connectivity index is 2.36. The van der Waals surface area contributed by atoms with Crippen molar-refractivity contribution in [1.82, 2.24) is 0 Å². The Labute approximate surface area is 92.8 Å². The molecule has 0 bridgehead atoms. The van der Waals surface area contributed by atoms with Crippen LogP contribution in [-0.2, 0) is 4.79 Å². The number of hydrogen-bond acceptors (Lipinski definition) is 1. The fourth-order valence-corrected chi connectivity index (χ4v) is 2.17. The molecule has 0 N–H and O–H groups in total. The monoisotopic (exact) mass is 222 g/mol. The molecular formula is C13H12F2O. The van der Waals surface area contributed by atoms with Gasteiger partial charge < -0.3 is 4.79 Å². The van der Waals surface area contributed by atoms with E-state index in [1.54, 1.807) is 0 Å². The third-order valence-corrected chi connectivity index (χ3v) is 2.94. The van der Waals surface area contributed by atoms with Gasteiger partial charge in [0.2, 0.25) is 0 Å². The second-order valence-electron chi connectivity index (χ2n) is 3.96. The van der Waals surface area contributed by atoms with E-state index in [9.17, 15) is 13.6 Å². The first-order valence-electron chi connectivity index (χ1n) is 5.31. The SMILES string of the molecule is O=CC[C@H]1CCC=C1c1cc(F)ccc1F. The Bertz CT molecular complexity index is 438. The number of carbonyl (C=O) groups excluding carboxylic acids is 1. The molecule has 16 heavy (non-hydrogen) atoms. The molecule has 0 radical (unpaired) electrons. The normalized spacial score (nSPS) is 19.6. The lowest BCUT2D eigenvalue weighted by Crippen LogP contribution is -2.02. The molecule has 2 rings (SSSR count). The van der Waals surface area contributed by atoms with E-state index in [1.807, 2.05) is 6.08 Å². The van der Waals surface area contributed by atoms with Crippen molar-refractivity contribution in [2.75, 3.05) is 0 Å². The highest BCUT2D eigenvalue weighted by Gasteiger charge is 2.22. The van der Waals surface area contributed by atoms with Crippen LogP contribution in [0.3, 0.4) is 0 Å². The molecule has 0 amide bonds. The summed E-state index contributed by atoms with van der Waals surface area (Å²) in [5.74, 6) is -0.840. The van der Waals surface area contributed by atoms with E-state index in [4.69, 9.17) is 0 Å². The first kappa shape index (κ1) is 11.0. The predicted octanol–water partition coefficient (Wildman–Crippen LogP) is 3.35. The second-order valence-corrected chi connectivity index (χ2v) is 3.96. The summed E-state index contributed by atoms with van der Waals surface area (Å²) in [6, 6.07) is 3.43. The largest absolute Gasteiger partial charge is 0.303 e. The van der Waals surface area contributed by atoms with E-state index in [2.05, 4.69) is 0 Å². The van der Waals surface area contributed by atoms with E-state index in [-0.39, 0.29) is 5.92 Å². The maximum Gasteiger partial charge on any atom is 0.130 e. The Morgan fingerprint density at radius 2 is 2.19 bits per heavy atom. The zero-order valence-electron chi connectivity index (χ0n) is 8.75. The zero-order chi connectivity index (χ0) is 11.5. The van der Waals surface area contributed by atoms with E-state index in [0.717, 1.165) is 36.8 Å². The molecule has 0 saturated heterocycles. The topological polar surface area (TPSA) is 17.1 Å². The molecule has 1 aromatic rings. The van der Waals surface area contributed by atoms with Crippen LogP contribution in [0, 0.1) is 17.6 Å². The molecule has 1 aliphatic rings. The van der Waals surface area contributed by atoms with E-state index in [0.29, 0.717) is 12.0 Å². The summed E-state index contributed by atoms with van der Waals surface area (Å²) in [6.45, 7) is 0. The summed E-state index contributed by atoms with van der Waals surface area (Å²) < 4.78 is 26.6. The van der Waals surface area contributed by atoms with Crippen LogP contribution in [0.25, 0.3) is 5.57 Å². The molecule has 0 saturated carbocycles. The molecule has 0 aromatic heterocycles. The molecule has 0 fully saturated rings. The molecule has 0 spiro atoms. The third-order valence-electron chi connectivity index (χ3n) is 2.94. The highest BCUT2D eigenvalue weighted by atomic mass is 19.1. The van der Waals surface area contributed by atoms with Crippen molar-refractivity contribution >= 4 is 11.9 Å². The molecular weight excluding hydrogens is 210 g/mol. The van der Waals surface area contributed by atoms with Gasteiger partial charge in [0, 0.05) is 12.0 Å². The van der Waals surface area contributed by atoms with Gasteiger partial charge in [-0.3, -0.25) is 0 Å². The van der Waals surface area contributed by atoms with Crippen LogP contribution in [0.2, 0.25) is 0 Å². The molecule has 0 heterocycles. The van der Waals surface area contributed by atoms with Crippen LogP contribution in [0.15, 0.2) is 24.3 Å². The van der Waals surface area contributed by atoms with Crippen LogP contribution >= 0.6 is 0 Å². The number of allylic oxidation sites excluding steroid dienone is 2. The van der Waals surface area contributed by atoms with Crippen molar-refractivity contribution in [2.24, 2.45) is 5.92 Å². The van der Waals surface area contributed by atoms with Crippen molar-refractivity contribution in [3.8, 4) is 0 Å². The molecule has 1 atom stereocenters. The van der Waals surface area contributed by atoms with Crippen LogP contribution in [0.1, 0.15) is 24.8 Å². The lowest BCUT2D eigenvalue weighted by Gasteiger charge is -2.12. The quantitative estimate of drug-likeness (QED) is 0.717. The van der Waals surface area contributed by atoms with Crippen molar-refractivity contribution in [3.63, 3.8) is 0 Å². The first-order chi connectivity index (χ1) is 7.72. The second kappa shape index (κ2) is 4.56. The van der Waals surface area contributed by atoms with Gasteiger partial charge in [-0.25, -0.2) is 8.78 Å². The third kappa shape index (κ3) is 2.03. The molecule has 1 aliphatic carbocycles. The van der Waals surface area contributed by atoms with Crippen molar-refractivity contribution in [3.05, 3.63) is 41.5 Å². The first-order valence-corrected chi connectivity index (χ1v) is 5.31. The van der Waals surface area contributed by atoms with E-state index in [1.165, 1.54) is 6.07 Å². The van der Waals surface area contributed by atoms with E-state index < -0.39 is 11.6 Å². The fraction of sp³-hybridized carbons (Fsp3) is 0.308. The smallest absolute Gasteiger partial charge is 0.130 e. The molecule has 84 valence electrons. The number of halogens is 2. The minimum absolute atomic E-state index is 0.0359. The average molecular weight is 222 g/mol. The summed E-state index contributed by atoms with van der Waals surface area (Å²) in [5, 5.41) is 0. The van der Waals surface area contributed by atoms with Crippen molar-refractivity contribution in [1.29, 1.82) is 0 Å². The summed E-state index contributed by atoms with van der Waals surface area (Å²) in [4.78, 5) is 10.5. The van der Waals surface area contributed by atoms with Gasteiger partial charge in [0.15, 0.2) is 0 Å². The van der Waals surface area contributed by atoms with Crippen LogP contribution in [-0.4, -0.2) is 6.29 Å². The zero-order valence-corrected chi connectivity index (χ0v) is 8.75. The molecule has 0 aliphatic heterocycles.